The van der Waals surface area contributed by atoms with Gasteiger partial charge in [-0.1, -0.05) is 93.1 Å². The van der Waals surface area contributed by atoms with Gasteiger partial charge in [-0.25, -0.2) is 0 Å². The summed E-state index contributed by atoms with van der Waals surface area (Å²) in [6, 6.07) is 17.8. The van der Waals surface area contributed by atoms with Crippen LogP contribution in [0.5, 0.6) is 0 Å². The van der Waals surface area contributed by atoms with Gasteiger partial charge in [-0.15, -0.1) is 0 Å². The van der Waals surface area contributed by atoms with Crippen molar-refractivity contribution >= 4 is 11.4 Å². The van der Waals surface area contributed by atoms with Crippen molar-refractivity contribution in [3.05, 3.63) is 120 Å². The van der Waals surface area contributed by atoms with Crippen molar-refractivity contribution in [3.63, 3.8) is 0 Å². The molecule has 1 heteroatoms. The summed E-state index contributed by atoms with van der Waals surface area (Å²) in [4.78, 5) is 2.33. The lowest BCUT2D eigenvalue weighted by Gasteiger charge is -2.28. The van der Waals surface area contributed by atoms with Crippen LogP contribution in [-0.2, 0) is 0 Å². The van der Waals surface area contributed by atoms with Crippen molar-refractivity contribution < 1.29 is 0 Å². The fourth-order valence-corrected chi connectivity index (χ4v) is 4.18. The minimum absolute atomic E-state index is 0.435. The Morgan fingerprint density at radius 3 is 2.41 bits per heavy atom. The quantitative estimate of drug-likeness (QED) is 0.363. The molecule has 0 spiro atoms. The summed E-state index contributed by atoms with van der Waals surface area (Å²) in [6.07, 6.45) is 18.9. The monoisotopic (exact) mass is 423 g/mol. The van der Waals surface area contributed by atoms with Crippen LogP contribution in [0.25, 0.3) is 0 Å². The standard InChI is InChI=1S/C31H37N/c1-6-8-12-24(3)17-20-28(7-2)32(30-15-11-13-25(4)23-30)29-21-18-27(19-22-29)31-16-10-9-14-26(31)5/h7,9-11,13-23,26,31H,3,6,8,12H2,1-2,4-5H3/b20-17-,28-7+. The molecule has 0 radical (unpaired) electrons. The van der Waals surface area contributed by atoms with E-state index in [0.29, 0.717) is 11.8 Å². The van der Waals surface area contributed by atoms with E-state index in [1.54, 1.807) is 0 Å². The molecule has 3 rings (SSSR count). The maximum absolute atomic E-state index is 4.24. The second kappa shape index (κ2) is 11.5. The third-order valence-corrected chi connectivity index (χ3v) is 6.10. The minimum atomic E-state index is 0.435. The number of unbranched alkanes of at least 4 members (excludes halogenated alkanes) is 1. The second-order valence-electron chi connectivity index (χ2n) is 8.73. The van der Waals surface area contributed by atoms with Gasteiger partial charge in [0.05, 0.1) is 0 Å². The van der Waals surface area contributed by atoms with E-state index in [9.17, 15) is 0 Å². The molecule has 0 aromatic heterocycles. The molecule has 2 unspecified atom stereocenters. The molecular weight excluding hydrogens is 386 g/mol. The van der Waals surface area contributed by atoms with Crippen LogP contribution in [-0.4, -0.2) is 0 Å². The molecule has 0 bridgehead atoms. The highest BCUT2D eigenvalue weighted by Crippen LogP contribution is 2.35. The Hall–Kier alpha value is -3.06. The van der Waals surface area contributed by atoms with Crippen LogP contribution in [0.2, 0.25) is 0 Å². The van der Waals surface area contributed by atoms with E-state index in [-0.39, 0.29) is 0 Å². The van der Waals surface area contributed by atoms with Crippen molar-refractivity contribution in [2.45, 2.75) is 52.9 Å². The van der Waals surface area contributed by atoms with Gasteiger partial charge < -0.3 is 4.90 Å². The lowest BCUT2D eigenvalue weighted by molar-refractivity contribution is 0.635. The third kappa shape index (κ3) is 6.01. The number of aryl methyl sites for hydroxylation is 1. The fraction of sp³-hybridized carbons (Fsp3) is 0.290. The van der Waals surface area contributed by atoms with Crippen molar-refractivity contribution in [2.24, 2.45) is 5.92 Å². The van der Waals surface area contributed by atoms with E-state index in [2.05, 4.69) is 130 Å². The SMILES string of the molecule is C=C(/C=C\C(=C/C)N(c1ccc(C2C=CC=CC2C)cc1)c1cccc(C)c1)CCCC. The maximum Gasteiger partial charge on any atom is 0.0464 e. The number of allylic oxidation sites excluding steroid dienone is 8. The summed E-state index contributed by atoms with van der Waals surface area (Å²) in [5.74, 6) is 0.950. The molecule has 0 aliphatic heterocycles. The Labute approximate surface area is 195 Å². The van der Waals surface area contributed by atoms with Crippen molar-refractivity contribution in [3.8, 4) is 0 Å². The normalized spacial score (nSPS) is 18.3. The first kappa shape index (κ1) is 23.6. The van der Waals surface area contributed by atoms with Gasteiger partial charge in [-0.2, -0.15) is 0 Å². The summed E-state index contributed by atoms with van der Waals surface area (Å²) >= 11 is 0. The van der Waals surface area contributed by atoms with E-state index in [1.165, 1.54) is 40.9 Å². The Morgan fingerprint density at radius 2 is 1.75 bits per heavy atom. The van der Waals surface area contributed by atoms with Crippen LogP contribution in [0.3, 0.4) is 0 Å². The highest BCUT2D eigenvalue weighted by Gasteiger charge is 2.18. The average Bonchev–Trinajstić information content (AvgIpc) is 2.81. The first-order chi connectivity index (χ1) is 15.5. The Balaban J connectivity index is 1.94. The number of nitrogens with zero attached hydrogens (tertiary/aromatic N) is 1. The lowest BCUT2D eigenvalue weighted by atomic mass is 9.84. The topological polar surface area (TPSA) is 3.24 Å². The van der Waals surface area contributed by atoms with Crippen LogP contribution in [0.4, 0.5) is 11.4 Å². The Bertz CT molecular complexity index is 1020. The van der Waals surface area contributed by atoms with Gasteiger partial charge in [0.1, 0.15) is 0 Å². The molecule has 0 saturated carbocycles. The minimum Gasteiger partial charge on any atom is -0.311 e. The van der Waals surface area contributed by atoms with Crippen molar-refractivity contribution in [1.82, 2.24) is 0 Å². The van der Waals surface area contributed by atoms with E-state index in [0.717, 1.165) is 12.1 Å². The Kier molecular flexibility index (Phi) is 8.50. The van der Waals surface area contributed by atoms with Gasteiger partial charge in [0.2, 0.25) is 0 Å². The summed E-state index contributed by atoms with van der Waals surface area (Å²) in [5, 5.41) is 0. The zero-order chi connectivity index (χ0) is 22.9. The van der Waals surface area contributed by atoms with E-state index in [1.807, 2.05) is 0 Å². The predicted octanol–water partition coefficient (Wildman–Crippen LogP) is 9.19. The van der Waals surface area contributed by atoms with Crippen LogP contribution in [0.15, 0.2) is 109 Å². The molecule has 0 heterocycles. The molecule has 2 aromatic carbocycles. The molecule has 0 N–H and O–H groups in total. The number of hydrogen-bond donors (Lipinski definition) is 0. The molecule has 0 saturated heterocycles. The second-order valence-corrected chi connectivity index (χ2v) is 8.73. The molecule has 0 fully saturated rings. The summed E-state index contributed by atoms with van der Waals surface area (Å²) in [5.41, 5.74) is 7.27. The first-order valence-corrected chi connectivity index (χ1v) is 11.9. The van der Waals surface area contributed by atoms with Crippen molar-refractivity contribution in [2.75, 3.05) is 4.90 Å². The van der Waals surface area contributed by atoms with Gasteiger partial charge in [-0.05, 0) is 74.1 Å². The van der Waals surface area contributed by atoms with Crippen LogP contribution < -0.4 is 4.90 Å². The van der Waals surface area contributed by atoms with E-state index in [4.69, 9.17) is 0 Å². The number of hydrogen-bond acceptors (Lipinski definition) is 1. The Morgan fingerprint density at radius 1 is 1.00 bits per heavy atom. The summed E-state index contributed by atoms with van der Waals surface area (Å²) in [7, 11) is 0. The van der Waals surface area contributed by atoms with Gasteiger partial charge >= 0.3 is 0 Å². The molecule has 1 aliphatic rings. The summed E-state index contributed by atoms with van der Waals surface area (Å²) in [6.45, 7) is 13.0. The summed E-state index contributed by atoms with van der Waals surface area (Å²) < 4.78 is 0. The lowest BCUT2D eigenvalue weighted by Crippen LogP contribution is -2.15. The molecule has 32 heavy (non-hydrogen) atoms. The molecule has 2 atom stereocenters. The number of rotatable bonds is 9. The van der Waals surface area contributed by atoms with Crippen LogP contribution >= 0.6 is 0 Å². The molecule has 2 aromatic rings. The third-order valence-electron chi connectivity index (χ3n) is 6.10. The average molecular weight is 424 g/mol. The van der Waals surface area contributed by atoms with Gasteiger partial charge in [0.15, 0.2) is 0 Å². The number of benzene rings is 2. The maximum atomic E-state index is 4.24. The highest BCUT2D eigenvalue weighted by atomic mass is 15.1. The molecular formula is C31H37N. The zero-order valence-electron chi connectivity index (χ0n) is 20.1. The van der Waals surface area contributed by atoms with Gasteiger partial charge in [-0.3, -0.25) is 0 Å². The number of anilines is 2. The smallest absolute Gasteiger partial charge is 0.0464 e. The molecule has 1 aliphatic carbocycles. The predicted molar refractivity (Wildman–Crippen MR) is 142 cm³/mol. The van der Waals surface area contributed by atoms with Gasteiger partial charge in [0, 0.05) is 23.0 Å². The van der Waals surface area contributed by atoms with Crippen LogP contribution in [0, 0.1) is 12.8 Å². The molecule has 1 nitrogen and oxygen atoms in total. The van der Waals surface area contributed by atoms with E-state index >= 15 is 0 Å². The van der Waals surface area contributed by atoms with Crippen molar-refractivity contribution in [1.29, 1.82) is 0 Å². The molecule has 166 valence electrons. The zero-order valence-corrected chi connectivity index (χ0v) is 20.1. The fourth-order valence-electron chi connectivity index (χ4n) is 4.18. The van der Waals surface area contributed by atoms with Crippen LogP contribution in [0.1, 0.15) is 57.1 Å². The highest BCUT2D eigenvalue weighted by molar-refractivity contribution is 5.71. The molecule has 0 amide bonds. The van der Waals surface area contributed by atoms with Gasteiger partial charge in [0.25, 0.3) is 0 Å². The first-order valence-electron chi connectivity index (χ1n) is 11.9. The largest absolute Gasteiger partial charge is 0.311 e. The van der Waals surface area contributed by atoms with E-state index < -0.39 is 0 Å².